The van der Waals surface area contributed by atoms with E-state index in [1.54, 1.807) is 0 Å². The highest BCUT2D eigenvalue weighted by Crippen LogP contribution is 2.43. The molecule has 1 aromatic carbocycles. The van der Waals surface area contributed by atoms with Crippen LogP contribution < -0.4 is 0 Å². The van der Waals surface area contributed by atoms with Crippen LogP contribution in [0, 0.1) is 0 Å². The van der Waals surface area contributed by atoms with E-state index in [-0.39, 0.29) is 31.1 Å². The minimum atomic E-state index is -0.551. The van der Waals surface area contributed by atoms with Gasteiger partial charge in [0.1, 0.15) is 31.0 Å². The van der Waals surface area contributed by atoms with Gasteiger partial charge in [-0.15, -0.1) is 0 Å². The van der Waals surface area contributed by atoms with E-state index in [0.717, 1.165) is 5.56 Å². The molecule has 3 heterocycles. The summed E-state index contributed by atoms with van der Waals surface area (Å²) in [6.45, 7) is 3.43. The lowest BCUT2D eigenvalue weighted by Crippen LogP contribution is -2.56. The molecule has 0 amide bonds. The van der Waals surface area contributed by atoms with Crippen molar-refractivity contribution >= 4 is 5.97 Å². The predicted octanol–water partition coefficient (Wildman–Crippen LogP) is 1.91. The van der Waals surface area contributed by atoms with Crippen molar-refractivity contribution in [1.29, 1.82) is 0 Å². The van der Waals surface area contributed by atoms with Gasteiger partial charge in [-0.3, -0.25) is 4.79 Å². The molecule has 1 aromatic rings. The van der Waals surface area contributed by atoms with E-state index in [2.05, 4.69) is 0 Å². The molecule has 0 radical (unpaired) electrons. The van der Waals surface area contributed by atoms with E-state index in [1.165, 1.54) is 6.92 Å². The number of esters is 1. The quantitative estimate of drug-likeness (QED) is 0.768. The number of fused-ring (bicyclic) bond motifs is 3. The van der Waals surface area contributed by atoms with Gasteiger partial charge in [0, 0.05) is 12.5 Å². The Morgan fingerprint density at radius 2 is 1.76 bits per heavy atom. The van der Waals surface area contributed by atoms with Crippen molar-refractivity contribution in [2.75, 3.05) is 6.61 Å². The number of rotatable bonds is 4. The third-order valence-electron chi connectivity index (χ3n) is 4.60. The summed E-state index contributed by atoms with van der Waals surface area (Å²) in [5, 5.41) is 0. The van der Waals surface area contributed by atoms with Crippen LogP contribution in [0.25, 0.3) is 0 Å². The Morgan fingerprint density at radius 1 is 1.00 bits per heavy atom. The standard InChI is InChI=1S/C18H22O7/c1-3-13-22-16-15-14(12(9-20-10(2)19)21-18(16)23-13)24-17(25-15)11-7-5-4-6-8-11/h4-8,12-18H,3,9H2,1-2H3/t12-,13-,14+,15+,16-,17+,18-/m1/s1. The van der Waals surface area contributed by atoms with Crippen LogP contribution in [0.4, 0.5) is 0 Å². The van der Waals surface area contributed by atoms with Crippen molar-refractivity contribution in [3.63, 3.8) is 0 Å². The number of carbonyl (C=O) groups is 1. The first kappa shape index (κ1) is 16.9. The summed E-state index contributed by atoms with van der Waals surface area (Å²) in [7, 11) is 0. The number of hydrogen-bond donors (Lipinski definition) is 0. The molecule has 0 saturated carbocycles. The van der Waals surface area contributed by atoms with Crippen LogP contribution in [0.1, 0.15) is 32.1 Å². The lowest BCUT2D eigenvalue weighted by Gasteiger charge is -2.36. The normalized spacial score (nSPS) is 39.7. The molecule has 7 heteroatoms. The van der Waals surface area contributed by atoms with E-state index in [0.29, 0.717) is 6.42 Å². The first-order valence-corrected chi connectivity index (χ1v) is 8.61. The molecule has 0 aliphatic carbocycles. The smallest absolute Gasteiger partial charge is 0.302 e. The molecule has 136 valence electrons. The molecule has 3 aliphatic rings. The molecule has 3 aliphatic heterocycles. The second-order valence-corrected chi connectivity index (χ2v) is 6.36. The molecule has 0 unspecified atom stereocenters. The predicted molar refractivity (Wildman–Crippen MR) is 84.3 cm³/mol. The van der Waals surface area contributed by atoms with Crippen molar-refractivity contribution in [3.8, 4) is 0 Å². The van der Waals surface area contributed by atoms with Gasteiger partial charge in [-0.25, -0.2) is 0 Å². The SMILES string of the molecule is CC[C@H]1O[C@H]2O[C@H](COC(C)=O)[C@@H]3O[C@H](c4ccccc4)O[C@@H]3[C@H]2O1. The summed E-state index contributed by atoms with van der Waals surface area (Å²) in [5.41, 5.74) is 0.922. The Kier molecular flexibility index (Phi) is 4.75. The lowest BCUT2D eigenvalue weighted by atomic mass is 9.99. The van der Waals surface area contributed by atoms with Crippen LogP contribution in [0.3, 0.4) is 0 Å². The maximum atomic E-state index is 11.2. The fourth-order valence-electron chi connectivity index (χ4n) is 3.42. The zero-order valence-corrected chi connectivity index (χ0v) is 14.2. The summed E-state index contributed by atoms with van der Waals surface area (Å²) < 4.78 is 35.1. The molecule has 0 aromatic heterocycles. The largest absolute Gasteiger partial charge is 0.463 e. The van der Waals surface area contributed by atoms with Gasteiger partial charge in [-0.2, -0.15) is 0 Å². The van der Waals surface area contributed by atoms with Crippen molar-refractivity contribution in [2.45, 2.75) is 63.6 Å². The minimum Gasteiger partial charge on any atom is -0.463 e. The first-order valence-electron chi connectivity index (χ1n) is 8.61. The monoisotopic (exact) mass is 350 g/mol. The van der Waals surface area contributed by atoms with E-state index in [1.807, 2.05) is 37.3 Å². The average Bonchev–Trinajstić information content (AvgIpc) is 3.24. The van der Waals surface area contributed by atoms with Gasteiger partial charge in [0.25, 0.3) is 0 Å². The fraction of sp³-hybridized carbons (Fsp3) is 0.611. The minimum absolute atomic E-state index is 0.0880. The van der Waals surface area contributed by atoms with Crippen LogP contribution in [0.5, 0.6) is 0 Å². The Labute approximate surface area is 146 Å². The van der Waals surface area contributed by atoms with Gasteiger partial charge >= 0.3 is 5.97 Å². The molecule has 0 spiro atoms. The second kappa shape index (κ2) is 7.01. The van der Waals surface area contributed by atoms with Crippen LogP contribution >= 0.6 is 0 Å². The zero-order valence-electron chi connectivity index (χ0n) is 14.2. The number of ether oxygens (including phenoxy) is 6. The summed E-state index contributed by atoms with van der Waals surface area (Å²) in [6.07, 6.45) is -2.26. The molecule has 3 saturated heterocycles. The second-order valence-electron chi connectivity index (χ2n) is 6.36. The molecule has 0 N–H and O–H groups in total. The van der Waals surface area contributed by atoms with Gasteiger partial charge in [0.2, 0.25) is 0 Å². The summed E-state index contributed by atoms with van der Waals surface area (Å²) >= 11 is 0. The van der Waals surface area contributed by atoms with Gasteiger partial charge < -0.3 is 28.4 Å². The topological polar surface area (TPSA) is 72.5 Å². The van der Waals surface area contributed by atoms with Gasteiger partial charge in [-0.05, 0) is 6.42 Å². The Morgan fingerprint density at radius 3 is 2.48 bits per heavy atom. The molecule has 7 atom stereocenters. The molecule has 7 nitrogen and oxygen atoms in total. The van der Waals surface area contributed by atoms with Crippen LogP contribution in [0.2, 0.25) is 0 Å². The molecular formula is C18H22O7. The third kappa shape index (κ3) is 3.30. The summed E-state index contributed by atoms with van der Waals surface area (Å²) in [5.74, 6) is -0.365. The van der Waals surface area contributed by atoms with Crippen molar-refractivity contribution < 1.29 is 33.2 Å². The van der Waals surface area contributed by atoms with Crippen LogP contribution in [-0.2, 0) is 33.2 Å². The number of carbonyl (C=O) groups excluding carboxylic acids is 1. The van der Waals surface area contributed by atoms with E-state index in [9.17, 15) is 4.79 Å². The third-order valence-corrected chi connectivity index (χ3v) is 4.60. The van der Waals surface area contributed by atoms with E-state index >= 15 is 0 Å². The molecule has 0 bridgehead atoms. The summed E-state index contributed by atoms with van der Waals surface area (Å²) in [4.78, 5) is 11.2. The maximum Gasteiger partial charge on any atom is 0.302 e. The van der Waals surface area contributed by atoms with Gasteiger partial charge in [0.15, 0.2) is 18.9 Å². The lowest BCUT2D eigenvalue weighted by molar-refractivity contribution is -0.233. The highest BCUT2D eigenvalue weighted by molar-refractivity contribution is 5.65. The van der Waals surface area contributed by atoms with Crippen LogP contribution in [0.15, 0.2) is 30.3 Å². The molecule has 25 heavy (non-hydrogen) atoms. The highest BCUT2D eigenvalue weighted by atomic mass is 16.8. The zero-order chi connectivity index (χ0) is 17.4. The maximum absolute atomic E-state index is 11.2. The Hall–Kier alpha value is -1.51. The molecule has 3 fully saturated rings. The molecular weight excluding hydrogens is 328 g/mol. The first-order chi connectivity index (χ1) is 12.2. The summed E-state index contributed by atoms with van der Waals surface area (Å²) in [6, 6.07) is 9.70. The van der Waals surface area contributed by atoms with E-state index in [4.69, 9.17) is 28.4 Å². The van der Waals surface area contributed by atoms with Gasteiger partial charge in [0.05, 0.1) is 0 Å². The fourth-order valence-corrected chi connectivity index (χ4v) is 3.42. The van der Waals surface area contributed by atoms with Crippen molar-refractivity contribution in [1.82, 2.24) is 0 Å². The van der Waals surface area contributed by atoms with E-state index < -0.39 is 24.8 Å². The number of benzene rings is 1. The Bertz CT molecular complexity index is 607. The van der Waals surface area contributed by atoms with Crippen molar-refractivity contribution in [2.24, 2.45) is 0 Å². The number of hydrogen-bond acceptors (Lipinski definition) is 7. The van der Waals surface area contributed by atoms with Crippen molar-refractivity contribution in [3.05, 3.63) is 35.9 Å². The van der Waals surface area contributed by atoms with Gasteiger partial charge in [-0.1, -0.05) is 37.3 Å². The average molecular weight is 350 g/mol. The Balaban J connectivity index is 1.55. The van der Waals surface area contributed by atoms with Crippen LogP contribution in [-0.4, -0.2) is 49.6 Å². The highest BCUT2D eigenvalue weighted by Gasteiger charge is 2.57. The molecule has 4 rings (SSSR count).